The Bertz CT molecular complexity index is 2730. The van der Waals surface area contributed by atoms with Crippen molar-refractivity contribution < 1.29 is 33.4 Å². The first kappa shape index (κ1) is 45.4. The molecule has 1 unspecified atom stereocenters. The van der Waals surface area contributed by atoms with E-state index in [0.29, 0.717) is 73.1 Å². The average molecular weight is 927 g/mol. The maximum atomic E-state index is 13.4. The zero-order chi connectivity index (χ0) is 46.6. The number of ether oxygens (including phenoxy) is 2. The third-order valence-electron chi connectivity index (χ3n) is 13.1. The summed E-state index contributed by atoms with van der Waals surface area (Å²) in [4.78, 5) is 82.0. The van der Waals surface area contributed by atoms with Gasteiger partial charge in [0.05, 0.1) is 29.9 Å². The highest BCUT2D eigenvalue weighted by Gasteiger charge is 2.40. The van der Waals surface area contributed by atoms with Crippen molar-refractivity contribution >= 4 is 69.5 Å². The van der Waals surface area contributed by atoms with Crippen LogP contribution in [0.15, 0.2) is 90.6 Å². The van der Waals surface area contributed by atoms with Crippen molar-refractivity contribution in [2.75, 3.05) is 75.9 Å². The minimum absolute atomic E-state index is 0.0655. The lowest BCUT2D eigenvalue weighted by Gasteiger charge is -2.42. The van der Waals surface area contributed by atoms with E-state index >= 15 is 0 Å². The smallest absolute Gasteiger partial charge is 0.255 e. The van der Waals surface area contributed by atoms with Crippen LogP contribution in [0.5, 0.6) is 11.5 Å². The first-order chi connectivity index (χ1) is 32.6. The second kappa shape index (κ2) is 20.0. The van der Waals surface area contributed by atoms with E-state index in [-0.39, 0.29) is 42.3 Å². The van der Waals surface area contributed by atoms with Crippen LogP contribution in [-0.2, 0) is 32.8 Å². The molecule has 0 radical (unpaired) electrons. The maximum Gasteiger partial charge on any atom is 0.255 e. The number of aromatic nitrogens is 3. The quantitative estimate of drug-likeness (QED) is 0.0721. The number of piperazine rings is 1. The van der Waals surface area contributed by atoms with Gasteiger partial charge >= 0.3 is 0 Å². The standard InChI is InChI=1S/C49H54N10O7S/c1-4-44(60)51-38-26-37(53-49-50-17-14-36(52-49)34-28-55(2)39-10-6-5-8-32(34)39)41(65-3)27-42(38)66-25-24-56-18-15-31(16-19-56)57-20-22-58(23-21-57)46(62)30-67-43-11-7-9-33-35(43)29-59(48(33)64)40-12-13-45(61)54-47(40)63/h4-11,14,17,26-28,31,40H,1,12-13,15-16,18-25,29-30H2,2-3H3,(H,51,60)(H,50,52,53)(H,54,61,63). The van der Waals surface area contributed by atoms with Gasteiger partial charge in [-0.25, -0.2) is 9.97 Å². The summed E-state index contributed by atoms with van der Waals surface area (Å²) in [6, 6.07) is 18.8. The monoisotopic (exact) mass is 926 g/mol. The third kappa shape index (κ3) is 9.87. The molecule has 5 amide bonds. The number of rotatable bonds is 15. The number of amides is 5. The van der Waals surface area contributed by atoms with E-state index in [1.165, 1.54) is 17.8 Å². The molecule has 9 rings (SSSR count). The van der Waals surface area contributed by atoms with Crippen molar-refractivity contribution in [3.8, 4) is 22.8 Å². The summed E-state index contributed by atoms with van der Waals surface area (Å²) in [6.45, 7) is 9.78. The summed E-state index contributed by atoms with van der Waals surface area (Å²) in [7, 11) is 3.58. The van der Waals surface area contributed by atoms with Gasteiger partial charge < -0.3 is 34.5 Å². The molecule has 0 bridgehead atoms. The highest BCUT2D eigenvalue weighted by molar-refractivity contribution is 8.00. The maximum absolute atomic E-state index is 13.4. The highest BCUT2D eigenvalue weighted by Crippen LogP contribution is 2.39. The normalized spacial score (nSPS) is 18.2. The first-order valence-corrected chi connectivity index (χ1v) is 23.6. The van der Waals surface area contributed by atoms with Gasteiger partial charge in [-0.15, -0.1) is 11.8 Å². The number of methoxy groups -OCH3 is 1. The Morgan fingerprint density at radius 1 is 0.940 bits per heavy atom. The Kier molecular flexibility index (Phi) is 13.5. The summed E-state index contributed by atoms with van der Waals surface area (Å²) in [5, 5.41) is 9.59. The third-order valence-corrected chi connectivity index (χ3v) is 14.2. The number of benzene rings is 3. The van der Waals surface area contributed by atoms with Crippen LogP contribution in [0.1, 0.15) is 41.6 Å². The van der Waals surface area contributed by atoms with Crippen LogP contribution >= 0.6 is 11.8 Å². The second-order valence-electron chi connectivity index (χ2n) is 17.1. The summed E-state index contributed by atoms with van der Waals surface area (Å²) >= 11 is 1.43. The van der Waals surface area contributed by atoms with E-state index in [0.717, 1.165) is 71.6 Å². The molecule has 4 aliphatic heterocycles. The van der Waals surface area contributed by atoms with Crippen molar-refractivity contribution in [2.24, 2.45) is 7.05 Å². The number of nitrogens with zero attached hydrogens (tertiary/aromatic N) is 7. The molecule has 0 aliphatic carbocycles. The molecule has 3 aromatic carbocycles. The second-order valence-corrected chi connectivity index (χ2v) is 18.1. The summed E-state index contributed by atoms with van der Waals surface area (Å²) in [6.07, 6.45) is 7.49. The van der Waals surface area contributed by atoms with Gasteiger partial charge in [0.1, 0.15) is 24.1 Å². The lowest BCUT2D eigenvalue weighted by molar-refractivity contribution is -0.137. The summed E-state index contributed by atoms with van der Waals surface area (Å²) in [5.41, 5.74) is 5.22. The molecule has 0 spiro atoms. The lowest BCUT2D eigenvalue weighted by atomic mass is 10.0. The van der Waals surface area contributed by atoms with Crippen LogP contribution in [0.4, 0.5) is 17.3 Å². The zero-order valence-electron chi connectivity index (χ0n) is 37.7. The van der Waals surface area contributed by atoms with Gasteiger partial charge in [0, 0.05) is 104 Å². The van der Waals surface area contributed by atoms with E-state index in [4.69, 9.17) is 14.5 Å². The Labute approximate surface area is 392 Å². The van der Waals surface area contributed by atoms with Gasteiger partial charge in [-0.3, -0.25) is 39.1 Å². The SMILES string of the molecule is C=CC(=O)Nc1cc(Nc2nccc(-c3cn(C)c4ccccc34)n2)c(OC)cc1OCCN1CCC(N2CCN(C(=O)CSc3cccc4c3CN(C3CCC(=O)NC3=O)C4=O)CC2)CC1. The minimum atomic E-state index is -0.680. The number of hydrogen-bond acceptors (Lipinski definition) is 13. The molecule has 17 nitrogen and oxygen atoms in total. The number of aryl methyl sites for hydroxylation is 1. The number of nitrogens with one attached hydrogen (secondary N) is 3. The molecular weight excluding hydrogens is 873 g/mol. The van der Waals surface area contributed by atoms with E-state index in [9.17, 15) is 24.0 Å². The Hall–Kier alpha value is -6.76. The van der Waals surface area contributed by atoms with Crippen LogP contribution in [0.25, 0.3) is 22.2 Å². The van der Waals surface area contributed by atoms with Gasteiger partial charge in [-0.05, 0) is 74.3 Å². The molecule has 5 aromatic rings. The van der Waals surface area contributed by atoms with Crippen molar-refractivity contribution in [3.05, 3.63) is 96.8 Å². The minimum Gasteiger partial charge on any atom is -0.494 e. The molecule has 67 heavy (non-hydrogen) atoms. The van der Waals surface area contributed by atoms with E-state index in [1.807, 2.05) is 42.3 Å². The van der Waals surface area contributed by atoms with Crippen molar-refractivity contribution in [1.82, 2.24) is 39.5 Å². The number of likely N-dealkylation sites (tertiary alicyclic amines) is 1. The highest BCUT2D eigenvalue weighted by atomic mass is 32.2. The predicted molar refractivity (Wildman–Crippen MR) is 255 cm³/mol. The molecule has 348 valence electrons. The summed E-state index contributed by atoms with van der Waals surface area (Å²) in [5.74, 6) is 0.284. The van der Waals surface area contributed by atoms with Crippen molar-refractivity contribution in [2.45, 2.75) is 49.2 Å². The number of para-hydroxylation sites is 1. The topological polar surface area (TPSA) is 184 Å². The van der Waals surface area contributed by atoms with Crippen LogP contribution in [0, 0.1) is 0 Å². The number of piperidine rings is 2. The number of carbonyl (C=O) groups excluding carboxylic acids is 5. The Morgan fingerprint density at radius 3 is 2.52 bits per heavy atom. The molecule has 3 fully saturated rings. The molecule has 18 heteroatoms. The van der Waals surface area contributed by atoms with Crippen LogP contribution in [0.3, 0.4) is 0 Å². The molecule has 6 heterocycles. The number of anilines is 3. The fourth-order valence-electron chi connectivity index (χ4n) is 9.52. The Morgan fingerprint density at radius 2 is 1.75 bits per heavy atom. The fourth-order valence-corrected chi connectivity index (χ4v) is 10.5. The number of imide groups is 1. The van der Waals surface area contributed by atoms with Gasteiger partial charge in [0.2, 0.25) is 29.6 Å². The number of hydrogen-bond donors (Lipinski definition) is 3. The molecule has 1 atom stereocenters. The largest absolute Gasteiger partial charge is 0.494 e. The van der Waals surface area contributed by atoms with Crippen LogP contribution in [0.2, 0.25) is 0 Å². The molecule has 3 N–H and O–H groups in total. The number of carbonyl (C=O) groups is 5. The number of thioether (sulfide) groups is 1. The molecule has 2 aromatic heterocycles. The molecule has 3 saturated heterocycles. The van der Waals surface area contributed by atoms with Gasteiger partial charge in [0.25, 0.3) is 5.91 Å². The average Bonchev–Trinajstić information content (AvgIpc) is 3.87. The van der Waals surface area contributed by atoms with Gasteiger partial charge in [-0.1, -0.05) is 30.8 Å². The number of fused-ring (bicyclic) bond motifs is 2. The van der Waals surface area contributed by atoms with Crippen LogP contribution < -0.4 is 25.4 Å². The lowest BCUT2D eigenvalue weighted by Crippen LogP contribution is -2.54. The first-order valence-electron chi connectivity index (χ1n) is 22.6. The Balaban J connectivity index is 0.744. The fraction of sp³-hybridized carbons (Fsp3) is 0.367. The van der Waals surface area contributed by atoms with Gasteiger partial charge in [-0.2, -0.15) is 0 Å². The summed E-state index contributed by atoms with van der Waals surface area (Å²) < 4.78 is 14.2. The van der Waals surface area contributed by atoms with Gasteiger partial charge in [0.15, 0.2) is 0 Å². The van der Waals surface area contributed by atoms with Crippen molar-refractivity contribution in [3.63, 3.8) is 0 Å². The van der Waals surface area contributed by atoms with Crippen LogP contribution in [-0.4, -0.2) is 141 Å². The zero-order valence-corrected chi connectivity index (χ0v) is 38.5. The van der Waals surface area contributed by atoms with E-state index in [1.54, 1.807) is 36.4 Å². The molecular formula is C49H54N10O7S. The predicted octanol–water partition coefficient (Wildman–Crippen LogP) is 5.05. The molecule has 4 aliphatic rings. The van der Waals surface area contributed by atoms with E-state index < -0.39 is 11.9 Å². The molecule has 0 saturated carbocycles. The van der Waals surface area contributed by atoms with Crippen molar-refractivity contribution in [1.29, 1.82) is 0 Å². The van der Waals surface area contributed by atoms with E-state index in [2.05, 4.69) is 60.2 Å².